The molecule has 0 saturated carbocycles. The lowest BCUT2D eigenvalue weighted by molar-refractivity contribution is -0.136. The minimum Gasteiger partial charge on any atom is -0.481 e. The number of rotatable bonds is 3. The maximum atomic E-state index is 11.0. The monoisotopic (exact) mass is 229 g/mol. The summed E-state index contributed by atoms with van der Waals surface area (Å²) in [5.41, 5.74) is 0. The molecule has 84 valence electrons. The largest absolute Gasteiger partial charge is 0.481 e. The minimum absolute atomic E-state index is 0.222. The van der Waals surface area contributed by atoms with E-state index < -0.39 is 17.0 Å². The van der Waals surface area contributed by atoms with Crippen molar-refractivity contribution in [3.8, 4) is 0 Å². The average Bonchev–Trinajstić information content (AvgIpc) is 2.30. The van der Waals surface area contributed by atoms with Gasteiger partial charge in [-0.1, -0.05) is 25.1 Å². The number of nitrogens with one attached hydrogen (secondary N) is 1. The number of carboxylic acids is 1. The smallest absolute Gasteiger partial charge is 0.303 e. The van der Waals surface area contributed by atoms with Gasteiger partial charge in [-0.3, -0.25) is 4.79 Å². The van der Waals surface area contributed by atoms with Gasteiger partial charge in [0.05, 0.1) is 4.90 Å². The molecule has 0 bridgehead atoms. The molecular weight excluding hydrogens is 214 g/mol. The van der Waals surface area contributed by atoms with E-state index in [4.69, 9.17) is 5.11 Å². The third-order valence-electron chi connectivity index (χ3n) is 1.45. The Morgan fingerprint density at radius 3 is 2.20 bits per heavy atom. The summed E-state index contributed by atoms with van der Waals surface area (Å²) in [7, 11) is 0.629. The first-order valence-corrected chi connectivity index (χ1v) is 5.62. The van der Waals surface area contributed by atoms with E-state index in [1.807, 2.05) is 30.3 Å². The van der Waals surface area contributed by atoms with Crippen LogP contribution in [0.4, 0.5) is 0 Å². The zero-order valence-electron chi connectivity index (χ0n) is 8.77. The van der Waals surface area contributed by atoms with Crippen LogP contribution in [0.1, 0.15) is 13.3 Å². The summed E-state index contributed by atoms with van der Waals surface area (Å²) in [6, 6.07) is 9.28. The second-order valence-corrected chi connectivity index (χ2v) is 3.95. The second-order valence-electron chi connectivity index (χ2n) is 2.53. The third-order valence-corrected chi connectivity index (χ3v) is 2.52. The van der Waals surface area contributed by atoms with Gasteiger partial charge >= 0.3 is 5.97 Å². The van der Waals surface area contributed by atoms with Crippen LogP contribution in [0.3, 0.4) is 0 Å². The van der Waals surface area contributed by atoms with Gasteiger partial charge in [-0.25, -0.2) is 8.93 Å². The Balaban J connectivity index is 0.000000336. The van der Waals surface area contributed by atoms with E-state index in [9.17, 15) is 9.00 Å². The highest BCUT2D eigenvalue weighted by molar-refractivity contribution is 7.83. The van der Waals surface area contributed by atoms with Crippen molar-refractivity contribution in [3.63, 3.8) is 0 Å². The van der Waals surface area contributed by atoms with E-state index in [-0.39, 0.29) is 6.42 Å². The van der Waals surface area contributed by atoms with Gasteiger partial charge in [-0.05, 0) is 19.2 Å². The van der Waals surface area contributed by atoms with Crippen molar-refractivity contribution in [3.05, 3.63) is 30.3 Å². The van der Waals surface area contributed by atoms with Crippen LogP contribution in [0, 0.1) is 0 Å². The number of aliphatic carboxylic acids is 1. The predicted molar refractivity (Wildman–Crippen MR) is 59.8 cm³/mol. The number of carbonyl (C=O) groups is 1. The lowest BCUT2D eigenvalue weighted by Crippen LogP contribution is -2.09. The molecule has 4 nitrogen and oxygen atoms in total. The Kier molecular flexibility index (Phi) is 7.49. The summed E-state index contributed by atoms with van der Waals surface area (Å²) in [6.07, 6.45) is 0.222. The standard InChI is InChI=1S/C7H9NOS.C3H6O2/c1-8-10(9)7-5-3-2-4-6-7;1-2-3(4)5/h2-6,8H,1H3;2H2,1H3,(H,4,5). The molecule has 1 rings (SSSR count). The van der Waals surface area contributed by atoms with Crippen LogP contribution in [0.2, 0.25) is 0 Å². The van der Waals surface area contributed by atoms with E-state index in [1.165, 1.54) is 0 Å². The topological polar surface area (TPSA) is 66.4 Å². The van der Waals surface area contributed by atoms with E-state index in [0.717, 1.165) is 4.90 Å². The quantitative estimate of drug-likeness (QED) is 0.823. The van der Waals surface area contributed by atoms with Gasteiger partial charge in [0.1, 0.15) is 11.0 Å². The van der Waals surface area contributed by atoms with Crippen molar-refractivity contribution in [1.29, 1.82) is 0 Å². The highest BCUT2D eigenvalue weighted by Crippen LogP contribution is 2.01. The van der Waals surface area contributed by atoms with Crippen LogP contribution in [0.15, 0.2) is 35.2 Å². The summed E-state index contributed by atoms with van der Waals surface area (Å²) in [4.78, 5) is 10.2. The first-order valence-electron chi connectivity index (χ1n) is 4.47. The van der Waals surface area contributed by atoms with Crippen LogP contribution in [-0.4, -0.2) is 22.3 Å². The van der Waals surface area contributed by atoms with Crippen molar-refractivity contribution in [2.24, 2.45) is 0 Å². The Bertz CT molecular complexity index is 314. The third kappa shape index (κ3) is 6.82. The Morgan fingerprint density at radius 1 is 1.40 bits per heavy atom. The molecular formula is C10H15NO3S. The highest BCUT2D eigenvalue weighted by Gasteiger charge is 1.95. The van der Waals surface area contributed by atoms with Crippen LogP contribution in [0.5, 0.6) is 0 Å². The first kappa shape index (κ1) is 13.8. The van der Waals surface area contributed by atoms with Gasteiger partial charge in [0.2, 0.25) is 0 Å². The molecule has 0 spiro atoms. The fourth-order valence-electron chi connectivity index (χ4n) is 0.662. The molecule has 1 aromatic carbocycles. The van der Waals surface area contributed by atoms with Crippen molar-refractivity contribution in [1.82, 2.24) is 4.72 Å². The zero-order chi connectivity index (χ0) is 11.7. The highest BCUT2D eigenvalue weighted by atomic mass is 32.2. The van der Waals surface area contributed by atoms with Gasteiger partial charge in [0.15, 0.2) is 0 Å². The maximum Gasteiger partial charge on any atom is 0.303 e. The summed E-state index contributed by atoms with van der Waals surface area (Å²) in [6.45, 7) is 1.60. The second kappa shape index (κ2) is 8.14. The van der Waals surface area contributed by atoms with Crippen LogP contribution in [0.25, 0.3) is 0 Å². The Morgan fingerprint density at radius 2 is 1.87 bits per heavy atom. The molecule has 0 aliphatic carbocycles. The van der Waals surface area contributed by atoms with Crippen LogP contribution >= 0.6 is 0 Å². The van der Waals surface area contributed by atoms with Gasteiger partial charge < -0.3 is 5.11 Å². The van der Waals surface area contributed by atoms with Gasteiger partial charge in [0.25, 0.3) is 0 Å². The molecule has 0 amide bonds. The average molecular weight is 229 g/mol. The molecule has 5 heteroatoms. The SMILES string of the molecule is CCC(=O)O.CNS(=O)c1ccccc1. The summed E-state index contributed by atoms with van der Waals surface area (Å²) in [5, 5.41) is 7.72. The molecule has 0 heterocycles. The zero-order valence-corrected chi connectivity index (χ0v) is 9.58. The molecule has 0 aliphatic rings. The summed E-state index contributed by atoms with van der Waals surface area (Å²) in [5.74, 6) is -0.745. The molecule has 0 saturated heterocycles. The van der Waals surface area contributed by atoms with Crippen LogP contribution in [-0.2, 0) is 15.8 Å². The molecule has 0 fully saturated rings. The first-order chi connectivity index (χ1) is 7.11. The number of hydrogen-bond acceptors (Lipinski definition) is 2. The molecule has 2 N–H and O–H groups in total. The molecule has 15 heavy (non-hydrogen) atoms. The minimum atomic E-state index is -1.04. The molecule has 0 aromatic heterocycles. The lowest BCUT2D eigenvalue weighted by atomic mass is 10.4. The van der Waals surface area contributed by atoms with Crippen molar-refractivity contribution in [2.45, 2.75) is 18.2 Å². The molecule has 1 aromatic rings. The van der Waals surface area contributed by atoms with E-state index >= 15 is 0 Å². The van der Waals surface area contributed by atoms with E-state index in [1.54, 1.807) is 14.0 Å². The van der Waals surface area contributed by atoms with Crippen molar-refractivity contribution >= 4 is 17.0 Å². The molecule has 0 aliphatic heterocycles. The summed E-state index contributed by atoms with van der Waals surface area (Å²) >= 11 is 0. The fourth-order valence-corrected chi connectivity index (χ4v) is 1.30. The van der Waals surface area contributed by atoms with Crippen molar-refractivity contribution in [2.75, 3.05) is 7.05 Å². The number of benzene rings is 1. The van der Waals surface area contributed by atoms with E-state index in [0.29, 0.717) is 0 Å². The van der Waals surface area contributed by atoms with Gasteiger partial charge in [-0.15, -0.1) is 0 Å². The number of hydrogen-bond donors (Lipinski definition) is 2. The lowest BCUT2D eigenvalue weighted by Gasteiger charge is -1.96. The van der Waals surface area contributed by atoms with E-state index in [2.05, 4.69) is 4.72 Å². The fraction of sp³-hybridized carbons (Fsp3) is 0.300. The Labute approximate surface area is 91.9 Å². The maximum absolute atomic E-state index is 11.0. The van der Waals surface area contributed by atoms with Crippen LogP contribution < -0.4 is 4.72 Å². The number of carboxylic acid groups (broad SMARTS) is 1. The van der Waals surface area contributed by atoms with Gasteiger partial charge in [0, 0.05) is 6.42 Å². The summed E-state index contributed by atoms with van der Waals surface area (Å²) < 4.78 is 13.7. The molecule has 1 unspecified atom stereocenters. The van der Waals surface area contributed by atoms with Gasteiger partial charge in [-0.2, -0.15) is 0 Å². The Hall–Kier alpha value is -1.20. The predicted octanol–water partition coefficient (Wildman–Crippen LogP) is 1.41. The molecule has 1 atom stereocenters. The molecule has 0 radical (unpaired) electrons. The normalized spacial score (nSPS) is 11.1. The van der Waals surface area contributed by atoms with Crippen molar-refractivity contribution < 1.29 is 14.1 Å².